The second-order valence-electron chi connectivity index (χ2n) is 4.98. The Morgan fingerprint density at radius 3 is 2.95 bits per heavy atom. The summed E-state index contributed by atoms with van der Waals surface area (Å²) in [5.41, 5.74) is 7.71. The van der Waals surface area contributed by atoms with Crippen molar-refractivity contribution in [1.82, 2.24) is 19.3 Å². The van der Waals surface area contributed by atoms with Gasteiger partial charge in [-0.05, 0) is 30.7 Å². The third-order valence-corrected chi connectivity index (χ3v) is 3.73. The summed E-state index contributed by atoms with van der Waals surface area (Å²) in [6.45, 7) is 3.73. The minimum Gasteiger partial charge on any atom is -0.389 e. The first-order valence-corrected chi connectivity index (χ1v) is 7.35. The molecule has 2 N–H and O–H groups in total. The van der Waals surface area contributed by atoms with Gasteiger partial charge in [-0.15, -0.1) is 0 Å². The highest BCUT2D eigenvalue weighted by Crippen LogP contribution is 2.18. The van der Waals surface area contributed by atoms with E-state index >= 15 is 0 Å². The van der Waals surface area contributed by atoms with E-state index in [-0.39, 0.29) is 0 Å². The number of nitrogens with zero attached hydrogens (tertiary/aromatic N) is 4. The van der Waals surface area contributed by atoms with Crippen molar-refractivity contribution in [2.75, 3.05) is 0 Å². The van der Waals surface area contributed by atoms with Gasteiger partial charge >= 0.3 is 0 Å². The van der Waals surface area contributed by atoms with Crippen LogP contribution in [0.2, 0.25) is 0 Å². The lowest BCUT2D eigenvalue weighted by molar-refractivity contribution is 0.557. The van der Waals surface area contributed by atoms with Crippen molar-refractivity contribution in [1.29, 1.82) is 0 Å². The van der Waals surface area contributed by atoms with Crippen LogP contribution in [-0.2, 0) is 13.1 Å². The molecule has 6 heteroatoms. The van der Waals surface area contributed by atoms with Crippen LogP contribution < -0.4 is 5.73 Å². The maximum atomic E-state index is 5.68. The van der Waals surface area contributed by atoms with Gasteiger partial charge in [0.05, 0.1) is 6.54 Å². The molecule has 5 nitrogen and oxygen atoms in total. The molecule has 2 heterocycles. The molecule has 0 aliphatic carbocycles. The van der Waals surface area contributed by atoms with E-state index < -0.39 is 0 Å². The molecular formula is C15H17N5S. The molecule has 21 heavy (non-hydrogen) atoms. The lowest BCUT2D eigenvalue weighted by atomic mass is 10.1. The van der Waals surface area contributed by atoms with Crippen LogP contribution in [0.3, 0.4) is 0 Å². The van der Waals surface area contributed by atoms with Crippen molar-refractivity contribution < 1.29 is 0 Å². The van der Waals surface area contributed by atoms with Crippen LogP contribution in [0.15, 0.2) is 36.8 Å². The predicted molar refractivity (Wildman–Crippen MR) is 87.2 cm³/mol. The molecule has 0 fully saturated rings. The molecule has 3 aromatic rings. The van der Waals surface area contributed by atoms with Gasteiger partial charge in [0.25, 0.3) is 0 Å². The second-order valence-corrected chi connectivity index (χ2v) is 5.42. The van der Waals surface area contributed by atoms with Gasteiger partial charge in [-0.1, -0.05) is 19.1 Å². The van der Waals surface area contributed by atoms with Gasteiger partial charge in [0.2, 0.25) is 0 Å². The van der Waals surface area contributed by atoms with Crippen LogP contribution in [0.5, 0.6) is 0 Å². The van der Waals surface area contributed by atoms with E-state index in [0.717, 1.165) is 35.3 Å². The van der Waals surface area contributed by atoms with Crippen LogP contribution in [0, 0.1) is 0 Å². The van der Waals surface area contributed by atoms with Crippen molar-refractivity contribution in [3.8, 4) is 0 Å². The molecule has 108 valence electrons. The van der Waals surface area contributed by atoms with E-state index in [1.165, 1.54) is 0 Å². The fourth-order valence-electron chi connectivity index (χ4n) is 2.45. The number of rotatable bonds is 5. The average molecular weight is 299 g/mol. The van der Waals surface area contributed by atoms with Crippen LogP contribution in [-0.4, -0.2) is 24.3 Å². The third-order valence-electron chi connectivity index (χ3n) is 3.50. The SMILES string of the molecule is CCCn1ncnc1Cn1ccc2cc(C(N)=S)ccc21. The first-order chi connectivity index (χ1) is 10.2. The Hall–Kier alpha value is -2.21. The standard InChI is InChI=1S/C15H17N5S/c1-2-6-20-14(17-10-18-20)9-19-7-5-11-8-12(15(16)21)3-4-13(11)19/h3-5,7-8,10H,2,6,9H2,1H3,(H2,16,21). The zero-order valence-electron chi connectivity index (χ0n) is 11.9. The summed E-state index contributed by atoms with van der Waals surface area (Å²) in [4.78, 5) is 4.78. The van der Waals surface area contributed by atoms with Gasteiger partial charge in [-0.2, -0.15) is 5.10 Å². The Kier molecular flexibility index (Phi) is 3.70. The van der Waals surface area contributed by atoms with Crippen molar-refractivity contribution >= 4 is 28.1 Å². The number of fused-ring (bicyclic) bond motifs is 1. The molecule has 0 aliphatic heterocycles. The number of benzene rings is 1. The predicted octanol–water partition coefficient (Wildman–Crippen LogP) is 2.33. The molecule has 0 radical (unpaired) electrons. The summed E-state index contributed by atoms with van der Waals surface area (Å²) < 4.78 is 4.12. The summed E-state index contributed by atoms with van der Waals surface area (Å²) >= 11 is 5.02. The maximum absolute atomic E-state index is 5.68. The van der Waals surface area contributed by atoms with Crippen molar-refractivity contribution in [2.24, 2.45) is 5.73 Å². The summed E-state index contributed by atoms with van der Waals surface area (Å²) in [5, 5.41) is 5.39. The van der Waals surface area contributed by atoms with E-state index in [0.29, 0.717) is 11.5 Å². The topological polar surface area (TPSA) is 61.7 Å². The van der Waals surface area contributed by atoms with Gasteiger partial charge in [0, 0.05) is 29.2 Å². The van der Waals surface area contributed by atoms with Crippen LogP contribution in [0.1, 0.15) is 24.7 Å². The minimum absolute atomic E-state index is 0.423. The number of hydrogen-bond donors (Lipinski definition) is 1. The molecule has 0 saturated carbocycles. The zero-order valence-corrected chi connectivity index (χ0v) is 12.7. The van der Waals surface area contributed by atoms with Gasteiger partial charge in [-0.3, -0.25) is 0 Å². The second kappa shape index (κ2) is 5.65. The zero-order chi connectivity index (χ0) is 14.8. The van der Waals surface area contributed by atoms with E-state index in [1.807, 2.05) is 22.9 Å². The quantitative estimate of drug-likeness (QED) is 0.735. The molecule has 0 amide bonds. The summed E-state index contributed by atoms with van der Waals surface area (Å²) in [5.74, 6) is 0.966. The fourth-order valence-corrected chi connectivity index (χ4v) is 2.58. The molecule has 3 rings (SSSR count). The van der Waals surface area contributed by atoms with Crippen LogP contribution >= 0.6 is 12.2 Å². The van der Waals surface area contributed by atoms with Gasteiger partial charge in [0.1, 0.15) is 17.1 Å². The van der Waals surface area contributed by atoms with Gasteiger partial charge in [0.15, 0.2) is 0 Å². The molecule has 1 aromatic carbocycles. The Bertz CT molecular complexity index is 786. The summed E-state index contributed by atoms with van der Waals surface area (Å²) in [6.07, 6.45) is 4.71. The summed E-state index contributed by atoms with van der Waals surface area (Å²) in [7, 11) is 0. The minimum atomic E-state index is 0.423. The Morgan fingerprint density at radius 1 is 1.33 bits per heavy atom. The molecule has 0 atom stereocenters. The molecule has 2 aromatic heterocycles. The molecule has 0 bridgehead atoms. The summed E-state index contributed by atoms with van der Waals surface area (Å²) in [6, 6.07) is 8.09. The largest absolute Gasteiger partial charge is 0.389 e. The average Bonchev–Trinajstić information content (AvgIpc) is 3.07. The van der Waals surface area contributed by atoms with Crippen molar-refractivity contribution in [3.63, 3.8) is 0 Å². The number of nitrogens with two attached hydrogens (primary N) is 1. The molecule has 0 unspecified atom stereocenters. The molecule has 0 spiro atoms. The van der Waals surface area contributed by atoms with E-state index in [2.05, 4.69) is 33.8 Å². The Morgan fingerprint density at radius 2 is 2.19 bits per heavy atom. The van der Waals surface area contributed by atoms with Crippen molar-refractivity contribution in [2.45, 2.75) is 26.4 Å². The highest BCUT2D eigenvalue weighted by Gasteiger charge is 2.08. The molecule has 0 aliphatic rings. The van der Waals surface area contributed by atoms with Gasteiger partial charge < -0.3 is 10.3 Å². The Balaban J connectivity index is 1.94. The number of aryl methyl sites for hydroxylation is 1. The smallest absolute Gasteiger partial charge is 0.146 e. The van der Waals surface area contributed by atoms with Crippen LogP contribution in [0.25, 0.3) is 10.9 Å². The lowest BCUT2D eigenvalue weighted by Gasteiger charge is -2.07. The van der Waals surface area contributed by atoms with Gasteiger partial charge in [-0.25, -0.2) is 9.67 Å². The number of thiocarbonyl (C=S) groups is 1. The molecular weight excluding hydrogens is 282 g/mol. The van der Waals surface area contributed by atoms with Crippen molar-refractivity contribution in [3.05, 3.63) is 48.2 Å². The number of aromatic nitrogens is 4. The van der Waals surface area contributed by atoms with E-state index in [4.69, 9.17) is 18.0 Å². The maximum Gasteiger partial charge on any atom is 0.146 e. The van der Waals surface area contributed by atoms with E-state index in [1.54, 1.807) is 6.33 Å². The third kappa shape index (κ3) is 2.67. The Labute approximate surface area is 128 Å². The monoisotopic (exact) mass is 299 g/mol. The fraction of sp³-hybridized carbons (Fsp3) is 0.267. The first kappa shape index (κ1) is 13.8. The molecule has 0 saturated heterocycles. The number of hydrogen-bond acceptors (Lipinski definition) is 3. The first-order valence-electron chi connectivity index (χ1n) is 6.94. The highest BCUT2D eigenvalue weighted by molar-refractivity contribution is 7.80. The normalized spacial score (nSPS) is 11.1. The lowest BCUT2D eigenvalue weighted by Crippen LogP contribution is -2.10. The van der Waals surface area contributed by atoms with Crippen LogP contribution in [0.4, 0.5) is 0 Å². The van der Waals surface area contributed by atoms with E-state index in [9.17, 15) is 0 Å². The highest BCUT2D eigenvalue weighted by atomic mass is 32.1.